The van der Waals surface area contributed by atoms with E-state index in [-0.39, 0.29) is 34.8 Å². The molecule has 9 nitrogen and oxygen atoms in total. The molecule has 0 bridgehead atoms. The van der Waals surface area contributed by atoms with Crippen LogP contribution >= 0.6 is 0 Å². The molecule has 1 aliphatic rings. The van der Waals surface area contributed by atoms with Gasteiger partial charge in [0.15, 0.2) is 0 Å². The van der Waals surface area contributed by atoms with Gasteiger partial charge in [0.05, 0.1) is 30.4 Å². The third-order valence-corrected chi connectivity index (χ3v) is 4.47. The molecule has 7 N–H and O–H groups in total. The Morgan fingerprint density at radius 2 is 2.21 bits per heavy atom. The van der Waals surface area contributed by atoms with E-state index in [1.165, 1.54) is 13.0 Å². The molecule has 2 aromatic rings. The lowest BCUT2D eigenvalue weighted by Crippen LogP contribution is -2.30. The first-order chi connectivity index (χ1) is 13.9. The monoisotopic (exact) mass is 396 g/mol. The van der Waals surface area contributed by atoms with Crippen molar-refractivity contribution >= 4 is 17.4 Å². The number of aromatic amines is 1. The van der Waals surface area contributed by atoms with Crippen LogP contribution in [0.25, 0.3) is 11.1 Å². The van der Waals surface area contributed by atoms with E-state index in [0.717, 1.165) is 24.0 Å². The van der Waals surface area contributed by atoms with E-state index in [0.29, 0.717) is 11.4 Å². The summed E-state index contributed by atoms with van der Waals surface area (Å²) in [6.07, 6.45) is 6.45. The van der Waals surface area contributed by atoms with Gasteiger partial charge in [0.25, 0.3) is 0 Å². The zero-order valence-corrected chi connectivity index (χ0v) is 16.2. The maximum Gasteiger partial charge on any atom is 0.228 e. The van der Waals surface area contributed by atoms with Gasteiger partial charge in [-0.25, -0.2) is 0 Å². The number of carbonyl (C=O) groups excluding carboxylic acids is 1. The molecule has 9 heteroatoms. The van der Waals surface area contributed by atoms with Crippen LogP contribution in [0.3, 0.4) is 0 Å². The van der Waals surface area contributed by atoms with Gasteiger partial charge in [-0.05, 0) is 25.8 Å². The van der Waals surface area contributed by atoms with Gasteiger partial charge in [0.2, 0.25) is 5.91 Å². The summed E-state index contributed by atoms with van der Waals surface area (Å²) in [7, 11) is 1.54. The maximum atomic E-state index is 11.9. The fraction of sp³-hybridized carbons (Fsp3) is 0.250. The van der Waals surface area contributed by atoms with Crippen LogP contribution in [0.15, 0.2) is 53.8 Å². The second kappa shape index (κ2) is 8.51. The highest BCUT2D eigenvalue weighted by Gasteiger charge is 2.30. The lowest BCUT2D eigenvalue weighted by Gasteiger charge is -2.17. The second-order valence-electron chi connectivity index (χ2n) is 6.73. The topological polar surface area (TPSA) is 149 Å². The number of allylic oxidation sites excluding steroid dienone is 1. The minimum absolute atomic E-state index is 0.0284. The molecule has 0 unspecified atom stereocenters. The van der Waals surface area contributed by atoms with Gasteiger partial charge in [0, 0.05) is 29.3 Å². The van der Waals surface area contributed by atoms with Crippen LogP contribution in [0.5, 0.6) is 5.75 Å². The number of aliphatic hydroxyl groups excluding tert-OH is 1. The Morgan fingerprint density at radius 3 is 2.79 bits per heavy atom. The van der Waals surface area contributed by atoms with E-state index in [1.54, 1.807) is 25.6 Å². The number of anilines is 1. The number of benzene rings is 1. The molecular formula is C20H24N6O3. The first-order valence-corrected chi connectivity index (χ1v) is 9.10. The molecule has 0 spiro atoms. The Kier molecular flexibility index (Phi) is 5.87. The van der Waals surface area contributed by atoms with E-state index in [9.17, 15) is 9.90 Å². The van der Waals surface area contributed by atoms with Gasteiger partial charge in [-0.1, -0.05) is 12.1 Å². The summed E-state index contributed by atoms with van der Waals surface area (Å²) >= 11 is 0. The van der Waals surface area contributed by atoms with Crippen LogP contribution in [-0.2, 0) is 4.79 Å². The van der Waals surface area contributed by atoms with Crippen molar-refractivity contribution in [2.45, 2.75) is 19.8 Å². The SMILES string of the molecule is COc1c(NC(=CC(=N)NC(=O)C2CC2)C(N)=C(C)O)cccc1-c1cn[nH]c1. The number of hydrogen-bond donors (Lipinski definition) is 6. The number of aliphatic hydroxyl groups is 1. The molecule has 0 radical (unpaired) electrons. The Morgan fingerprint density at radius 1 is 1.45 bits per heavy atom. The molecule has 1 saturated carbocycles. The van der Waals surface area contributed by atoms with E-state index in [1.807, 2.05) is 12.1 Å². The number of para-hydroxylation sites is 1. The minimum Gasteiger partial charge on any atom is -0.510 e. The lowest BCUT2D eigenvalue weighted by atomic mass is 10.1. The predicted octanol–water partition coefficient (Wildman–Crippen LogP) is 2.63. The summed E-state index contributed by atoms with van der Waals surface area (Å²) in [5.74, 6) is 0.0816. The predicted molar refractivity (Wildman–Crippen MR) is 110 cm³/mol. The van der Waals surface area contributed by atoms with Crippen molar-refractivity contribution in [2.24, 2.45) is 11.7 Å². The molecule has 1 amide bonds. The van der Waals surface area contributed by atoms with Crippen molar-refractivity contribution in [2.75, 3.05) is 12.4 Å². The molecule has 152 valence electrons. The van der Waals surface area contributed by atoms with Crippen LogP contribution in [0.4, 0.5) is 5.69 Å². The number of amides is 1. The Bertz CT molecular complexity index is 970. The van der Waals surface area contributed by atoms with Crippen LogP contribution in [0.1, 0.15) is 19.8 Å². The highest BCUT2D eigenvalue weighted by Crippen LogP contribution is 2.37. The normalized spacial score (nSPS) is 14.8. The molecule has 1 aromatic heterocycles. The summed E-state index contributed by atoms with van der Waals surface area (Å²) in [6, 6.07) is 5.49. The van der Waals surface area contributed by atoms with Gasteiger partial charge in [0.1, 0.15) is 17.3 Å². The maximum absolute atomic E-state index is 11.9. The largest absolute Gasteiger partial charge is 0.510 e. The number of hydrogen-bond acceptors (Lipinski definition) is 7. The molecule has 0 atom stereocenters. The number of amidine groups is 1. The fourth-order valence-electron chi connectivity index (χ4n) is 2.76. The Labute approximate surface area is 168 Å². The summed E-state index contributed by atoms with van der Waals surface area (Å²) in [4.78, 5) is 11.9. The number of nitrogens with zero attached hydrogens (tertiary/aromatic N) is 1. The first kappa shape index (κ1) is 20.0. The number of rotatable bonds is 7. The standard InChI is InChI=1S/C20H24N6O3/c1-11(27)18(22)16(8-17(21)26-20(28)12-6-7-12)25-15-5-3-4-14(19(15)29-2)13-9-23-24-10-13/h3-5,8-10,12,25,27H,6-7,22H2,1-2H3,(H,23,24)(H2,21,26,28). The summed E-state index contributed by atoms with van der Waals surface area (Å²) in [5, 5.41) is 30.3. The zero-order valence-electron chi connectivity index (χ0n) is 16.2. The number of ether oxygens (including phenoxy) is 1. The van der Waals surface area contributed by atoms with E-state index < -0.39 is 0 Å². The summed E-state index contributed by atoms with van der Waals surface area (Å²) in [5.41, 5.74) is 8.53. The molecule has 3 rings (SSSR count). The average molecular weight is 396 g/mol. The Balaban J connectivity index is 1.93. The van der Waals surface area contributed by atoms with Gasteiger partial charge >= 0.3 is 0 Å². The fourth-order valence-corrected chi connectivity index (χ4v) is 2.76. The van der Waals surface area contributed by atoms with Crippen molar-refractivity contribution in [3.63, 3.8) is 0 Å². The summed E-state index contributed by atoms with van der Waals surface area (Å²) < 4.78 is 5.58. The first-order valence-electron chi connectivity index (χ1n) is 9.10. The highest BCUT2D eigenvalue weighted by atomic mass is 16.5. The summed E-state index contributed by atoms with van der Waals surface area (Å²) in [6.45, 7) is 1.44. The molecule has 1 aliphatic carbocycles. The van der Waals surface area contributed by atoms with Crippen molar-refractivity contribution in [1.82, 2.24) is 15.5 Å². The zero-order chi connectivity index (χ0) is 21.0. The molecular weight excluding hydrogens is 372 g/mol. The second-order valence-corrected chi connectivity index (χ2v) is 6.73. The van der Waals surface area contributed by atoms with Crippen LogP contribution in [-0.4, -0.2) is 34.2 Å². The molecule has 1 heterocycles. The molecule has 1 aromatic carbocycles. The number of aromatic nitrogens is 2. The molecule has 0 aliphatic heterocycles. The van der Waals surface area contributed by atoms with Gasteiger partial charge < -0.3 is 26.2 Å². The van der Waals surface area contributed by atoms with Crippen molar-refractivity contribution < 1.29 is 14.6 Å². The minimum atomic E-state index is -0.187. The number of methoxy groups -OCH3 is 1. The van der Waals surface area contributed by atoms with E-state index in [4.69, 9.17) is 15.9 Å². The van der Waals surface area contributed by atoms with Crippen LogP contribution < -0.4 is 21.1 Å². The molecule has 29 heavy (non-hydrogen) atoms. The van der Waals surface area contributed by atoms with Gasteiger partial charge in [-0.3, -0.25) is 15.3 Å². The number of nitrogens with one attached hydrogen (secondary N) is 4. The number of H-pyrrole nitrogens is 1. The van der Waals surface area contributed by atoms with Crippen molar-refractivity contribution in [3.8, 4) is 16.9 Å². The quantitative estimate of drug-likeness (QED) is 0.183. The van der Waals surface area contributed by atoms with Crippen molar-refractivity contribution in [1.29, 1.82) is 5.41 Å². The molecule has 1 fully saturated rings. The number of carbonyl (C=O) groups is 1. The third-order valence-electron chi connectivity index (χ3n) is 4.47. The van der Waals surface area contributed by atoms with E-state index in [2.05, 4.69) is 20.8 Å². The van der Waals surface area contributed by atoms with E-state index >= 15 is 0 Å². The van der Waals surface area contributed by atoms with Crippen LogP contribution in [0, 0.1) is 11.3 Å². The lowest BCUT2D eigenvalue weighted by molar-refractivity contribution is -0.120. The number of nitrogens with two attached hydrogens (primary N) is 1. The highest BCUT2D eigenvalue weighted by molar-refractivity contribution is 6.04. The van der Waals surface area contributed by atoms with Gasteiger partial charge in [-0.2, -0.15) is 5.10 Å². The smallest absolute Gasteiger partial charge is 0.228 e. The van der Waals surface area contributed by atoms with Gasteiger partial charge in [-0.15, -0.1) is 0 Å². The Hall–Kier alpha value is -3.75. The van der Waals surface area contributed by atoms with Crippen LogP contribution in [0.2, 0.25) is 0 Å². The third kappa shape index (κ3) is 4.75. The van der Waals surface area contributed by atoms with Crippen molar-refractivity contribution in [3.05, 3.63) is 53.8 Å². The average Bonchev–Trinajstić information content (AvgIpc) is 3.41. The molecule has 0 saturated heterocycles.